The van der Waals surface area contributed by atoms with E-state index < -0.39 is 0 Å². The van der Waals surface area contributed by atoms with Crippen LogP contribution in [0, 0.1) is 0 Å². The number of rotatable bonds is 8. The van der Waals surface area contributed by atoms with Gasteiger partial charge in [-0.25, -0.2) is 0 Å². The van der Waals surface area contributed by atoms with E-state index in [0.29, 0.717) is 31.0 Å². The molecule has 5 heteroatoms. The summed E-state index contributed by atoms with van der Waals surface area (Å²) in [6, 6.07) is 15.0. The maximum atomic E-state index is 12.0. The van der Waals surface area contributed by atoms with Gasteiger partial charge in [0.1, 0.15) is 11.5 Å². The van der Waals surface area contributed by atoms with Crippen LogP contribution in [0.15, 0.2) is 48.5 Å². The van der Waals surface area contributed by atoms with Crippen LogP contribution in [0.1, 0.15) is 13.3 Å². The molecule has 0 fully saturated rings. The van der Waals surface area contributed by atoms with Crippen molar-refractivity contribution in [2.75, 3.05) is 30.9 Å². The zero-order chi connectivity index (χ0) is 16.5. The van der Waals surface area contributed by atoms with Crippen molar-refractivity contribution in [2.24, 2.45) is 0 Å². The molecule has 0 aliphatic carbocycles. The molecular formula is C18H22N2O3. The van der Waals surface area contributed by atoms with Gasteiger partial charge in [0.05, 0.1) is 19.4 Å². The minimum absolute atomic E-state index is 0.0573. The molecule has 0 unspecified atom stereocenters. The number of amides is 1. The van der Waals surface area contributed by atoms with Crippen LogP contribution >= 0.6 is 0 Å². The van der Waals surface area contributed by atoms with E-state index >= 15 is 0 Å². The smallest absolute Gasteiger partial charge is 0.226 e. The van der Waals surface area contributed by atoms with Gasteiger partial charge >= 0.3 is 0 Å². The van der Waals surface area contributed by atoms with E-state index in [0.717, 1.165) is 11.4 Å². The minimum atomic E-state index is -0.0573. The molecular weight excluding hydrogens is 292 g/mol. The van der Waals surface area contributed by atoms with E-state index in [2.05, 4.69) is 10.6 Å². The number of anilines is 2. The van der Waals surface area contributed by atoms with Gasteiger partial charge in [0.25, 0.3) is 0 Å². The summed E-state index contributed by atoms with van der Waals surface area (Å²) >= 11 is 0. The number of benzene rings is 2. The van der Waals surface area contributed by atoms with Crippen molar-refractivity contribution in [2.45, 2.75) is 13.3 Å². The summed E-state index contributed by atoms with van der Waals surface area (Å²) in [4.78, 5) is 12.0. The predicted molar refractivity (Wildman–Crippen MR) is 92.3 cm³/mol. The number of ether oxygens (including phenoxy) is 2. The number of carbonyl (C=O) groups excluding carboxylic acids is 1. The highest BCUT2D eigenvalue weighted by Crippen LogP contribution is 2.23. The summed E-state index contributed by atoms with van der Waals surface area (Å²) in [7, 11) is 1.63. The first kappa shape index (κ1) is 16.7. The molecule has 2 rings (SSSR count). The molecule has 0 bridgehead atoms. The van der Waals surface area contributed by atoms with Gasteiger partial charge in [-0.3, -0.25) is 4.79 Å². The van der Waals surface area contributed by atoms with Gasteiger partial charge < -0.3 is 20.1 Å². The van der Waals surface area contributed by atoms with Crippen LogP contribution in [0.3, 0.4) is 0 Å². The van der Waals surface area contributed by atoms with Crippen molar-refractivity contribution in [3.63, 3.8) is 0 Å². The van der Waals surface area contributed by atoms with E-state index in [4.69, 9.17) is 9.47 Å². The van der Waals surface area contributed by atoms with Crippen LogP contribution in [-0.2, 0) is 4.79 Å². The first-order valence-corrected chi connectivity index (χ1v) is 7.62. The van der Waals surface area contributed by atoms with Crippen LogP contribution in [0.25, 0.3) is 0 Å². The number of carbonyl (C=O) groups is 1. The van der Waals surface area contributed by atoms with E-state index in [1.807, 2.05) is 55.5 Å². The van der Waals surface area contributed by atoms with Crippen molar-refractivity contribution in [1.82, 2.24) is 0 Å². The van der Waals surface area contributed by atoms with Gasteiger partial charge in [0, 0.05) is 18.7 Å². The summed E-state index contributed by atoms with van der Waals surface area (Å²) in [5.41, 5.74) is 1.65. The van der Waals surface area contributed by atoms with Crippen molar-refractivity contribution in [3.8, 4) is 11.5 Å². The van der Waals surface area contributed by atoms with Crippen molar-refractivity contribution in [1.29, 1.82) is 0 Å². The summed E-state index contributed by atoms with van der Waals surface area (Å²) in [6.45, 7) is 3.03. The lowest BCUT2D eigenvalue weighted by atomic mass is 10.2. The minimum Gasteiger partial charge on any atom is -0.497 e. The fourth-order valence-corrected chi connectivity index (χ4v) is 2.09. The highest BCUT2D eigenvalue weighted by atomic mass is 16.5. The van der Waals surface area contributed by atoms with Gasteiger partial charge in [0.15, 0.2) is 0 Å². The van der Waals surface area contributed by atoms with Crippen molar-refractivity contribution < 1.29 is 14.3 Å². The third kappa shape index (κ3) is 5.21. The number of para-hydroxylation sites is 2. The fraction of sp³-hybridized carbons (Fsp3) is 0.278. The zero-order valence-corrected chi connectivity index (χ0v) is 13.5. The monoisotopic (exact) mass is 314 g/mol. The fourth-order valence-electron chi connectivity index (χ4n) is 2.09. The first-order valence-electron chi connectivity index (χ1n) is 7.62. The maximum absolute atomic E-state index is 12.0. The molecule has 2 N–H and O–H groups in total. The molecule has 0 aromatic heterocycles. The van der Waals surface area contributed by atoms with Crippen LogP contribution in [0.5, 0.6) is 11.5 Å². The molecule has 0 spiro atoms. The lowest BCUT2D eigenvalue weighted by molar-refractivity contribution is -0.116. The molecule has 0 atom stereocenters. The summed E-state index contributed by atoms with van der Waals surface area (Å²) < 4.78 is 10.6. The third-order valence-electron chi connectivity index (χ3n) is 3.23. The SMILES string of the molecule is CCOc1ccccc1NC(=O)CCNc1ccc(OC)cc1. The Kier molecular flexibility index (Phi) is 6.29. The lowest BCUT2D eigenvalue weighted by Gasteiger charge is -2.11. The number of hydrogen-bond acceptors (Lipinski definition) is 4. The Bertz CT molecular complexity index is 626. The number of hydrogen-bond donors (Lipinski definition) is 2. The molecule has 0 saturated heterocycles. The van der Waals surface area contributed by atoms with Crippen LogP contribution in [0.2, 0.25) is 0 Å². The van der Waals surface area contributed by atoms with Crippen molar-refractivity contribution in [3.05, 3.63) is 48.5 Å². The Morgan fingerprint density at radius 1 is 1.09 bits per heavy atom. The molecule has 0 heterocycles. The second-order valence-electron chi connectivity index (χ2n) is 4.88. The van der Waals surface area contributed by atoms with Crippen LogP contribution < -0.4 is 20.1 Å². The number of methoxy groups -OCH3 is 1. The Morgan fingerprint density at radius 3 is 2.52 bits per heavy atom. The zero-order valence-electron chi connectivity index (χ0n) is 13.5. The van der Waals surface area contributed by atoms with Gasteiger partial charge in [-0.1, -0.05) is 12.1 Å². The Morgan fingerprint density at radius 2 is 1.83 bits per heavy atom. The highest BCUT2D eigenvalue weighted by molar-refractivity contribution is 5.92. The van der Waals surface area contributed by atoms with Gasteiger partial charge in [0.2, 0.25) is 5.91 Å². The van der Waals surface area contributed by atoms with Crippen molar-refractivity contribution >= 4 is 17.3 Å². The van der Waals surface area contributed by atoms with E-state index in [-0.39, 0.29) is 5.91 Å². The molecule has 0 aliphatic rings. The summed E-state index contributed by atoms with van der Waals surface area (Å²) in [5.74, 6) is 1.44. The predicted octanol–water partition coefficient (Wildman–Crippen LogP) is 3.53. The van der Waals surface area contributed by atoms with Crippen LogP contribution in [-0.4, -0.2) is 26.2 Å². The molecule has 2 aromatic rings. The van der Waals surface area contributed by atoms with E-state index in [1.54, 1.807) is 7.11 Å². The quantitative estimate of drug-likeness (QED) is 0.782. The molecule has 2 aromatic carbocycles. The Hall–Kier alpha value is -2.69. The van der Waals surface area contributed by atoms with Gasteiger partial charge in [-0.2, -0.15) is 0 Å². The normalized spacial score (nSPS) is 10.0. The van der Waals surface area contributed by atoms with Crippen LogP contribution in [0.4, 0.5) is 11.4 Å². The molecule has 0 radical (unpaired) electrons. The standard InChI is InChI=1S/C18H22N2O3/c1-3-23-17-7-5-4-6-16(17)20-18(21)12-13-19-14-8-10-15(22-2)11-9-14/h4-11,19H,3,12-13H2,1-2H3,(H,20,21). The largest absolute Gasteiger partial charge is 0.497 e. The number of nitrogens with one attached hydrogen (secondary N) is 2. The molecule has 0 aliphatic heterocycles. The average Bonchev–Trinajstić information content (AvgIpc) is 2.57. The summed E-state index contributed by atoms with van der Waals surface area (Å²) in [5, 5.41) is 6.08. The third-order valence-corrected chi connectivity index (χ3v) is 3.23. The highest BCUT2D eigenvalue weighted by Gasteiger charge is 2.07. The molecule has 5 nitrogen and oxygen atoms in total. The van der Waals surface area contributed by atoms with Gasteiger partial charge in [-0.15, -0.1) is 0 Å². The van der Waals surface area contributed by atoms with E-state index in [1.165, 1.54) is 0 Å². The average molecular weight is 314 g/mol. The molecule has 23 heavy (non-hydrogen) atoms. The Balaban J connectivity index is 1.81. The molecule has 0 saturated carbocycles. The molecule has 1 amide bonds. The summed E-state index contributed by atoms with van der Waals surface area (Å²) in [6.07, 6.45) is 0.368. The Labute approximate surface area is 136 Å². The maximum Gasteiger partial charge on any atom is 0.226 e. The van der Waals surface area contributed by atoms with E-state index in [9.17, 15) is 4.79 Å². The second-order valence-corrected chi connectivity index (χ2v) is 4.88. The topological polar surface area (TPSA) is 59.6 Å². The lowest BCUT2D eigenvalue weighted by Crippen LogP contribution is -2.16. The second kappa shape index (κ2) is 8.68. The first-order chi connectivity index (χ1) is 11.2. The molecule has 122 valence electrons. The van der Waals surface area contributed by atoms with Gasteiger partial charge in [-0.05, 0) is 43.3 Å².